The monoisotopic (exact) mass is 282 g/mol. The molecule has 6 N–H and O–H groups in total. The van der Waals surface area contributed by atoms with Crippen LogP contribution >= 0.6 is 23.7 Å². The number of guanidine groups is 1. The number of ether oxygens (including phenoxy) is 1. The average Bonchev–Trinajstić information content (AvgIpc) is 2.50. The molecule has 1 heterocycles. The molecule has 17 heavy (non-hydrogen) atoms. The van der Waals surface area contributed by atoms with Gasteiger partial charge < -0.3 is 21.3 Å². The SMILES string of the molecule is CC(=O)OC(C)c1csc(NC(=N)N)n1.Cl.O. The zero-order valence-corrected chi connectivity index (χ0v) is 10.9. The quantitative estimate of drug-likeness (QED) is 0.426. The molecule has 9 heteroatoms. The Labute approximate surface area is 109 Å². The normalized spacial score (nSPS) is 10.5. The molecule has 0 aliphatic rings. The Kier molecular flexibility index (Phi) is 8.28. The first-order valence-electron chi connectivity index (χ1n) is 4.22. The first kappa shape index (κ1) is 18.0. The van der Waals surface area contributed by atoms with Crippen LogP contribution in [0.5, 0.6) is 0 Å². The molecule has 1 aromatic rings. The minimum atomic E-state index is -0.388. The van der Waals surface area contributed by atoms with Gasteiger partial charge in [0.25, 0.3) is 0 Å². The molecular formula is C8H15ClN4O3S. The van der Waals surface area contributed by atoms with Crippen LogP contribution in [0.25, 0.3) is 0 Å². The third-order valence-corrected chi connectivity index (χ3v) is 2.30. The predicted octanol–water partition coefficient (Wildman–Crippen LogP) is 0.670. The van der Waals surface area contributed by atoms with E-state index in [-0.39, 0.29) is 35.9 Å². The Morgan fingerprint density at radius 2 is 2.29 bits per heavy atom. The summed E-state index contributed by atoms with van der Waals surface area (Å²) in [6, 6.07) is 0. The van der Waals surface area contributed by atoms with Crippen molar-refractivity contribution in [2.24, 2.45) is 5.73 Å². The third kappa shape index (κ3) is 6.05. The van der Waals surface area contributed by atoms with Crippen LogP contribution in [0, 0.1) is 5.41 Å². The highest BCUT2D eigenvalue weighted by Gasteiger charge is 2.12. The zero-order valence-electron chi connectivity index (χ0n) is 9.31. The molecule has 1 unspecified atom stereocenters. The molecule has 0 saturated carbocycles. The van der Waals surface area contributed by atoms with Gasteiger partial charge in [-0.05, 0) is 6.92 Å². The summed E-state index contributed by atoms with van der Waals surface area (Å²) in [7, 11) is 0. The van der Waals surface area contributed by atoms with E-state index in [2.05, 4.69) is 10.3 Å². The number of hydrogen-bond donors (Lipinski definition) is 3. The first-order chi connectivity index (χ1) is 6.99. The molecule has 7 nitrogen and oxygen atoms in total. The number of esters is 1. The summed E-state index contributed by atoms with van der Waals surface area (Å²) in [5, 5.41) is 11.8. The van der Waals surface area contributed by atoms with Crippen LogP contribution in [0.3, 0.4) is 0 Å². The van der Waals surface area contributed by atoms with E-state index in [4.69, 9.17) is 15.9 Å². The van der Waals surface area contributed by atoms with Crippen LogP contribution in [0.4, 0.5) is 5.13 Å². The van der Waals surface area contributed by atoms with Gasteiger partial charge in [-0.15, -0.1) is 23.7 Å². The van der Waals surface area contributed by atoms with Gasteiger partial charge in [0.15, 0.2) is 11.1 Å². The molecule has 1 atom stereocenters. The molecule has 0 aliphatic carbocycles. The van der Waals surface area contributed by atoms with Crippen molar-refractivity contribution in [2.75, 3.05) is 5.32 Å². The Morgan fingerprint density at radius 3 is 2.76 bits per heavy atom. The van der Waals surface area contributed by atoms with Crippen LogP contribution in [-0.4, -0.2) is 22.4 Å². The third-order valence-electron chi connectivity index (χ3n) is 1.52. The van der Waals surface area contributed by atoms with Crippen molar-refractivity contribution >= 4 is 40.8 Å². The second-order valence-electron chi connectivity index (χ2n) is 2.87. The lowest BCUT2D eigenvalue weighted by Gasteiger charge is -2.07. The molecular weight excluding hydrogens is 268 g/mol. The van der Waals surface area contributed by atoms with Crippen molar-refractivity contribution in [3.63, 3.8) is 0 Å². The van der Waals surface area contributed by atoms with E-state index in [1.54, 1.807) is 12.3 Å². The van der Waals surface area contributed by atoms with Crippen LogP contribution in [0.1, 0.15) is 25.6 Å². The summed E-state index contributed by atoms with van der Waals surface area (Å²) >= 11 is 1.30. The van der Waals surface area contributed by atoms with Gasteiger partial charge in [-0.2, -0.15) is 0 Å². The maximum atomic E-state index is 10.7. The fourth-order valence-corrected chi connectivity index (χ4v) is 1.76. The van der Waals surface area contributed by atoms with Gasteiger partial charge in [0.1, 0.15) is 6.10 Å². The van der Waals surface area contributed by atoms with E-state index in [0.717, 1.165) is 0 Å². The van der Waals surface area contributed by atoms with Gasteiger partial charge in [0.05, 0.1) is 5.69 Å². The smallest absolute Gasteiger partial charge is 0.303 e. The van der Waals surface area contributed by atoms with Crippen LogP contribution in [-0.2, 0) is 9.53 Å². The Bertz CT molecular complexity index is 385. The van der Waals surface area contributed by atoms with Gasteiger partial charge in [0.2, 0.25) is 0 Å². The number of nitrogens with one attached hydrogen (secondary N) is 2. The molecule has 0 spiro atoms. The highest BCUT2D eigenvalue weighted by atomic mass is 35.5. The second-order valence-corrected chi connectivity index (χ2v) is 3.73. The zero-order chi connectivity index (χ0) is 11.4. The van der Waals surface area contributed by atoms with Crippen molar-refractivity contribution in [2.45, 2.75) is 20.0 Å². The second kappa shape index (κ2) is 7.82. The maximum absolute atomic E-state index is 10.7. The lowest BCUT2D eigenvalue weighted by Crippen LogP contribution is -2.20. The molecule has 98 valence electrons. The molecule has 0 bridgehead atoms. The van der Waals surface area contributed by atoms with Crippen molar-refractivity contribution in [1.82, 2.24) is 4.98 Å². The van der Waals surface area contributed by atoms with Gasteiger partial charge >= 0.3 is 5.97 Å². The van der Waals surface area contributed by atoms with E-state index in [1.807, 2.05) is 0 Å². The van der Waals surface area contributed by atoms with Gasteiger partial charge in [-0.1, -0.05) is 0 Å². The number of rotatable bonds is 3. The molecule has 0 aliphatic heterocycles. The number of nitrogens with zero attached hydrogens (tertiary/aromatic N) is 1. The predicted molar refractivity (Wildman–Crippen MR) is 68.7 cm³/mol. The molecule has 0 saturated heterocycles. The molecule has 0 amide bonds. The number of halogens is 1. The molecule has 1 aromatic heterocycles. The Balaban J connectivity index is 0. The highest BCUT2D eigenvalue weighted by Crippen LogP contribution is 2.22. The number of carbonyl (C=O) groups excluding carboxylic acids is 1. The Morgan fingerprint density at radius 1 is 1.71 bits per heavy atom. The van der Waals surface area contributed by atoms with Crippen LogP contribution in [0.2, 0.25) is 0 Å². The molecule has 1 rings (SSSR count). The van der Waals surface area contributed by atoms with Crippen molar-refractivity contribution in [3.8, 4) is 0 Å². The van der Waals surface area contributed by atoms with E-state index < -0.39 is 0 Å². The summed E-state index contributed by atoms with van der Waals surface area (Å²) in [5.41, 5.74) is 5.78. The highest BCUT2D eigenvalue weighted by molar-refractivity contribution is 7.13. The largest absolute Gasteiger partial charge is 0.456 e. The van der Waals surface area contributed by atoms with E-state index in [9.17, 15) is 4.79 Å². The number of aromatic nitrogens is 1. The number of thiazole rings is 1. The minimum Gasteiger partial charge on any atom is -0.456 e. The van der Waals surface area contributed by atoms with Crippen molar-refractivity contribution < 1.29 is 15.0 Å². The van der Waals surface area contributed by atoms with Gasteiger partial charge in [0, 0.05) is 12.3 Å². The molecule has 0 aromatic carbocycles. The summed E-state index contributed by atoms with van der Waals surface area (Å²) in [5.74, 6) is -0.521. The Hall–Kier alpha value is -1.38. The average molecular weight is 283 g/mol. The summed E-state index contributed by atoms with van der Waals surface area (Å²) < 4.78 is 4.95. The van der Waals surface area contributed by atoms with Gasteiger partial charge in [-0.25, -0.2) is 4.98 Å². The number of carbonyl (C=O) groups is 1. The number of nitrogens with two attached hydrogens (primary N) is 1. The topological polar surface area (TPSA) is 133 Å². The van der Waals surface area contributed by atoms with Gasteiger partial charge in [-0.3, -0.25) is 10.2 Å². The van der Waals surface area contributed by atoms with Crippen LogP contribution < -0.4 is 11.1 Å². The first-order valence-corrected chi connectivity index (χ1v) is 5.10. The lowest BCUT2D eigenvalue weighted by molar-refractivity contribution is -0.145. The van der Waals surface area contributed by atoms with E-state index in [0.29, 0.717) is 10.8 Å². The number of hydrogen-bond acceptors (Lipinski definition) is 5. The van der Waals surface area contributed by atoms with Crippen molar-refractivity contribution in [1.29, 1.82) is 5.41 Å². The maximum Gasteiger partial charge on any atom is 0.303 e. The molecule has 0 fully saturated rings. The summed E-state index contributed by atoms with van der Waals surface area (Å²) in [6.07, 6.45) is -0.388. The summed E-state index contributed by atoms with van der Waals surface area (Å²) in [4.78, 5) is 14.8. The van der Waals surface area contributed by atoms with Crippen LogP contribution in [0.15, 0.2) is 5.38 Å². The minimum absolute atomic E-state index is 0. The standard InChI is InChI=1S/C8H12N4O2S.ClH.H2O/c1-4(14-5(2)13)6-3-15-8(11-6)12-7(9)10;;/h3-4H,1-2H3,(H4,9,10,11,12);1H;1H2. The van der Waals surface area contributed by atoms with Crippen molar-refractivity contribution in [3.05, 3.63) is 11.1 Å². The number of anilines is 1. The van der Waals surface area contributed by atoms with E-state index >= 15 is 0 Å². The fourth-order valence-electron chi connectivity index (χ4n) is 0.955. The summed E-state index contributed by atoms with van der Waals surface area (Å²) in [6.45, 7) is 3.07. The molecule has 0 radical (unpaired) electrons. The van der Waals surface area contributed by atoms with E-state index in [1.165, 1.54) is 18.3 Å². The fraction of sp³-hybridized carbons (Fsp3) is 0.375. The lowest BCUT2D eigenvalue weighted by atomic mass is 10.3.